The maximum absolute atomic E-state index is 13.7. The number of anilines is 1. The summed E-state index contributed by atoms with van der Waals surface area (Å²) in [6.45, 7) is 4.21. The zero-order valence-corrected chi connectivity index (χ0v) is 13.2. The van der Waals surface area contributed by atoms with Gasteiger partial charge in [0, 0.05) is 11.8 Å². The average Bonchev–Trinajstić information content (AvgIpc) is 2.80. The smallest absolute Gasteiger partial charge is 0.161 e. The summed E-state index contributed by atoms with van der Waals surface area (Å²) in [6.07, 6.45) is 1.91. The van der Waals surface area contributed by atoms with Gasteiger partial charge in [-0.25, -0.2) is 8.78 Å². The number of rotatable bonds is 3. The molecule has 104 valence electrons. The Bertz CT molecular complexity index is 516. The number of amidine groups is 1. The van der Waals surface area contributed by atoms with Crippen molar-refractivity contribution in [2.75, 3.05) is 11.1 Å². The Morgan fingerprint density at radius 2 is 2.00 bits per heavy atom. The van der Waals surface area contributed by atoms with Crippen molar-refractivity contribution in [3.8, 4) is 0 Å². The third kappa shape index (κ3) is 3.11. The van der Waals surface area contributed by atoms with Gasteiger partial charge in [-0.1, -0.05) is 25.6 Å². The molecule has 0 saturated heterocycles. The second-order valence-electron chi connectivity index (χ2n) is 4.51. The number of aliphatic imine (C=N–C) groups is 1. The molecular weight excluding hydrogens is 334 g/mol. The summed E-state index contributed by atoms with van der Waals surface area (Å²) >= 11 is 4.63. The number of hydrogen-bond acceptors (Lipinski definition) is 3. The van der Waals surface area contributed by atoms with E-state index in [2.05, 4.69) is 40.1 Å². The third-order valence-corrected chi connectivity index (χ3v) is 5.14. The van der Waals surface area contributed by atoms with Gasteiger partial charge >= 0.3 is 0 Å². The van der Waals surface area contributed by atoms with Gasteiger partial charge in [0.25, 0.3) is 0 Å². The number of nitrogens with one attached hydrogen (secondary N) is 1. The fraction of sp³-hybridized carbons (Fsp3) is 0.462. The molecule has 1 aromatic rings. The van der Waals surface area contributed by atoms with Crippen molar-refractivity contribution < 1.29 is 8.78 Å². The van der Waals surface area contributed by atoms with Crippen molar-refractivity contribution in [1.82, 2.24) is 0 Å². The quantitative estimate of drug-likeness (QED) is 0.793. The Kier molecular flexibility index (Phi) is 4.50. The summed E-state index contributed by atoms with van der Waals surface area (Å²) in [7, 11) is 0. The van der Waals surface area contributed by atoms with Gasteiger partial charge in [0.1, 0.15) is 11.6 Å². The highest BCUT2D eigenvalue weighted by Gasteiger charge is 2.32. The molecule has 0 bridgehead atoms. The van der Waals surface area contributed by atoms with Crippen LogP contribution >= 0.6 is 27.7 Å². The van der Waals surface area contributed by atoms with Gasteiger partial charge < -0.3 is 5.32 Å². The van der Waals surface area contributed by atoms with Crippen LogP contribution in [0.2, 0.25) is 0 Å². The normalized spacial score (nSPS) is 17.4. The number of benzene rings is 1. The first-order chi connectivity index (χ1) is 8.99. The Morgan fingerprint density at radius 1 is 1.32 bits per heavy atom. The first-order valence-corrected chi connectivity index (χ1v) is 7.92. The van der Waals surface area contributed by atoms with Crippen LogP contribution in [0.15, 0.2) is 21.6 Å². The first kappa shape index (κ1) is 14.8. The monoisotopic (exact) mass is 348 g/mol. The zero-order valence-electron chi connectivity index (χ0n) is 10.8. The Balaban J connectivity index is 2.21. The van der Waals surface area contributed by atoms with E-state index in [1.165, 1.54) is 6.07 Å². The van der Waals surface area contributed by atoms with Crippen LogP contribution < -0.4 is 5.32 Å². The van der Waals surface area contributed by atoms with E-state index in [1.54, 1.807) is 11.8 Å². The molecule has 1 heterocycles. The van der Waals surface area contributed by atoms with Crippen molar-refractivity contribution in [3.05, 3.63) is 28.2 Å². The Hall–Kier alpha value is -0.620. The van der Waals surface area contributed by atoms with Crippen molar-refractivity contribution in [1.29, 1.82) is 0 Å². The van der Waals surface area contributed by atoms with E-state index in [-0.39, 0.29) is 15.7 Å². The molecule has 0 spiro atoms. The topological polar surface area (TPSA) is 24.4 Å². The highest BCUT2D eigenvalue weighted by Crippen LogP contribution is 2.34. The molecule has 2 rings (SSSR count). The van der Waals surface area contributed by atoms with Crippen LogP contribution in [-0.2, 0) is 0 Å². The van der Waals surface area contributed by atoms with E-state index in [4.69, 9.17) is 0 Å². The van der Waals surface area contributed by atoms with Gasteiger partial charge in [-0.05, 0) is 34.8 Å². The number of thioether (sulfide) groups is 1. The lowest BCUT2D eigenvalue weighted by atomic mass is 9.97. The molecule has 6 heteroatoms. The molecule has 1 aliphatic heterocycles. The highest BCUT2D eigenvalue weighted by atomic mass is 79.9. The minimum atomic E-state index is -0.616. The molecule has 0 amide bonds. The largest absolute Gasteiger partial charge is 0.333 e. The molecule has 0 aromatic heterocycles. The first-order valence-electron chi connectivity index (χ1n) is 6.14. The predicted octanol–water partition coefficient (Wildman–Crippen LogP) is 4.80. The van der Waals surface area contributed by atoms with Gasteiger partial charge in [0.15, 0.2) is 5.17 Å². The standard InChI is InChI=1S/C13H15BrF2N2S/c1-3-13(4-2)7-19-12(18-13)17-11-5-8(14)9(15)6-10(11)16/h5-6H,3-4,7H2,1-2H3,(H,17,18). The van der Waals surface area contributed by atoms with Gasteiger partial charge in [-0.2, -0.15) is 0 Å². The molecule has 0 fully saturated rings. The number of halogens is 3. The minimum absolute atomic E-state index is 0.0548. The van der Waals surface area contributed by atoms with E-state index >= 15 is 0 Å². The van der Waals surface area contributed by atoms with E-state index in [1.807, 2.05) is 0 Å². The molecule has 19 heavy (non-hydrogen) atoms. The Labute approximate surface area is 124 Å². The van der Waals surface area contributed by atoms with Gasteiger partial charge in [-0.3, -0.25) is 4.99 Å². The lowest BCUT2D eigenvalue weighted by Gasteiger charge is -2.20. The Morgan fingerprint density at radius 3 is 2.58 bits per heavy atom. The number of hydrogen-bond donors (Lipinski definition) is 1. The second-order valence-corrected chi connectivity index (χ2v) is 6.33. The van der Waals surface area contributed by atoms with Crippen LogP contribution in [0.5, 0.6) is 0 Å². The average molecular weight is 349 g/mol. The molecule has 0 unspecified atom stereocenters. The molecule has 0 saturated carbocycles. The van der Waals surface area contributed by atoms with Crippen LogP contribution in [0.25, 0.3) is 0 Å². The maximum atomic E-state index is 13.7. The molecule has 1 aliphatic rings. The molecule has 1 aromatic carbocycles. The van der Waals surface area contributed by atoms with Crippen LogP contribution in [-0.4, -0.2) is 16.5 Å². The van der Waals surface area contributed by atoms with Gasteiger partial charge in [0.2, 0.25) is 0 Å². The molecule has 1 N–H and O–H groups in total. The van der Waals surface area contributed by atoms with Crippen molar-refractivity contribution >= 4 is 38.5 Å². The minimum Gasteiger partial charge on any atom is -0.333 e. The van der Waals surface area contributed by atoms with E-state index in [0.717, 1.165) is 24.7 Å². The summed E-state index contributed by atoms with van der Waals surface area (Å²) in [5, 5.41) is 3.64. The van der Waals surface area contributed by atoms with Crippen molar-refractivity contribution in [2.45, 2.75) is 32.2 Å². The van der Waals surface area contributed by atoms with Crippen molar-refractivity contribution in [3.63, 3.8) is 0 Å². The van der Waals surface area contributed by atoms with E-state index < -0.39 is 11.6 Å². The fourth-order valence-corrected chi connectivity index (χ4v) is 3.55. The fourth-order valence-electron chi connectivity index (χ4n) is 1.89. The molecule has 0 radical (unpaired) electrons. The molecular formula is C13H15BrF2N2S. The van der Waals surface area contributed by atoms with Crippen LogP contribution in [0.3, 0.4) is 0 Å². The van der Waals surface area contributed by atoms with Crippen LogP contribution in [0, 0.1) is 11.6 Å². The summed E-state index contributed by atoms with van der Waals surface area (Å²) < 4.78 is 27.0. The maximum Gasteiger partial charge on any atom is 0.161 e. The van der Waals surface area contributed by atoms with Crippen LogP contribution in [0.4, 0.5) is 14.5 Å². The highest BCUT2D eigenvalue weighted by molar-refractivity contribution is 9.10. The predicted molar refractivity (Wildman–Crippen MR) is 80.9 cm³/mol. The summed E-state index contributed by atoms with van der Waals surface area (Å²) in [5.41, 5.74) is 0.184. The zero-order chi connectivity index (χ0) is 14.0. The van der Waals surface area contributed by atoms with Crippen LogP contribution in [0.1, 0.15) is 26.7 Å². The summed E-state index contributed by atoms with van der Waals surface area (Å²) in [6, 6.07) is 2.26. The summed E-state index contributed by atoms with van der Waals surface area (Å²) in [5.74, 6) is -0.332. The van der Waals surface area contributed by atoms with Gasteiger partial charge in [0.05, 0.1) is 15.7 Å². The molecule has 0 atom stereocenters. The van der Waals surface area contributed by atoms with E-state index in [9.17, 15) is 8.78 Å². The second kappa shape index (κ2) is 5.79. The van der Waals surface area contributed by atoms with E-state index in [0.29, 0.717) is 5.17 Å². The van der Waals surface area contributed by atoms with Gasteiger partial charge in [-0.15, -0.1) is 0 Å². The van der Waals surface area contributed by atoms with Crippen molar-refractivity contribution in [2.24, 2.45) is 4.99 Å². The lowest BCUT2D eigenvalue weighted by Crippen LogP contribution is -2.24. The molecule has 2 nitrogen and oxygen atoms in total. The summed E-state index contributed by atoms with van der Waals surface area (Å²) in [4.78, 5) is 4.64. The lowest BCUT2D eigenvalue weighted by molar-refractivity contribution is 0.456. The number of nitrogens with zero attached hydrogens (tertiary/aromatic N) is 1. The third-order valence-electron chi connectivity index (χ3n) is 3.38. The molecule has 0 aliphatic carbocycles. The SMILES string of the molecule is CCC1(CC)CSC(Nc2cc(Br)c(F)cc2F)=N1.